The summed E-state index contributed by atoms with van der Waals surface area (Å²) in [5, 5.41) is 11.3. The van der Waals surface area contributed by atoms with Crippen LogP contribution in [0.2, 0.25) is 0 Å². The third kappa shape index (κ3) is 1.22. The third-order valence-corrected chi connectivity index (χ3v) is 7.07. The number of alkyl halides is 2. The van der Waals surface area contributed by atoms with Crippen molar-refractivity contribution < 1.29 is 18.6 Å². The van der Waals surface area contributed by atoms with Gasteiger partial charge in [0, 0.05) is 23.3 Å². The van der Waals surface area contributed by atoms with Crippen LogP contribution >= 0.6 is 0 Å². The number of ether oxygens (including phenoxy) is 1. The molecule has 7 atom stereocenters. The van der Waals surface area contributed by atoms with Crippen molar-refractivity contribution in [1.82, 2.24) is 0 Å². The van der Waals surface area contributed by atoms with Gasteiger partial charge in [-0.25, -0.2) is 8.78 Å². The molecule has 22 heavy (non-hydrogen) atoms. The summed E-state index contributed by atoms with van der Waals surface area (Å²) >= 11 is 0. The quantitative estimate of drug-likeness (QED) is 0.860. The van der Waals surface area contributed by atoms with Gasteiger partial charge in [0.15, 0.2) is 5.79 Å². The van der Waals surface area contributed by atoms with E-state index in [1.54, 1.807) is 12.1 Å². The van der Waals surface area contributed by atoms with Gasteiger partial charge in [0.25, 0.3) is 5.92 Å². The second-order valence-corrected chi connectivity index (χ2v) is 7.79. The number of aliphatic hydroxyl groups is 1. The number of halogens is 2. The normalized spacial score (nSPS) is 53.9. The zero-order valence-corrected chi connectivity index (χ0v) is 12.5. The van der Waals surface area contributed by atoms with Crippen LogP contribution in [0.1, 0.15) is 31.7 Å². The Kier molecular flexibility index (Phi) is 2.28. The summed E-state index contributed by atoms with van der Waals surface area (Å²) < 4.78 is 36.0. The van der Waals surface area contributed by atoms with Crippen LogP contribution in [0.25, 0.3) is 0 Å². The lowest BCUT2D eigenvalue weighted by molar-refractivity contribution is -0.311. The van der Waals surface area contributed by atoms with Crippen molar-refractivity contribution in [2.75, 3.05) is 0 Å². The van der Waals surface area contributed by atoms with Crippen LogP contribution in [0.15, 0.2) is 30.3 Å². The fourth-order valence-corrected chi connectivity index (χ4v) is 6.32. The Bertz CT molecular complexity index is 633. The van der Waals surface area contributed by atoms with Crippen molar-refractivity contribution in [1.29, 1.82) is 0 Å². The van der Waals surface area contributed by atoms with Crippen molar-refractivity contribution in [2.24, 2.45) is 29.6 Å². The molecule has 0 unspecified atom stereocenters. The number of fused-ring (bicyclic) bond motifs is 1. The van der Waals surface area contributed by atoms with Crippen molar-refractivity contribution in [3.8, 4) is 0 Å². The van der Waals surface area contributed by atoms with E-state index in [-0.39, 0.29) is 23.7 Å². The van der Waals surface area contributed by atoms with E-state index < -0.39 is 23.2 Å². The molecule has 118 valence electrons. The summed E-state index contributed by atoms with van der Waals surface area (Å²) in [5.74, 6) is -5.28. The molecule has 1 aliphatic heterocycles. The Morgan fingerprint density at radius 1 is 1.14 bits per heavy atom. The summed E-state index contributed by atoms with van der Waals surface area (Å²) in [4.78, 5) is 0. The van der Waals surface area contributed by atoms with E-state index in [0.29, 0.717) is 12.0 Å². The zero-order chi connectivity index (χ0) is 15.3. The molecule has 0 aromatic heterocycles. The SMILES string of the molecule is C[C@]12O[C@@](O)(c3ccccc3)[C@H]3[C@@H]4CC[C@H]([C@H]31)[C@@H](C4)C2(F)F. The summed E-state index contributed by atoms with van der Waals surface area (Å²) in [6.45, 7) is 1.53. The molecule has 1 heterocycles. The van der Waals surface area contributed by atoms with Gasteiger partial charge < -0.3 is 9.84 Å². The Morgan fingerprint density at radius 2 is 1.86 bits per heavy atom. The Hall–Kier alpha value is -1.00. The van der Waals surface area contributed by atoms with Crippen molar-refractivity contribution in [2.45, 2.75) is 43.5 Å². The molecule has 0 spiro atoms. The van der Waals surface area contributed by atoms with Gasteiger partial charge in [-0.15, -0.1) is 0 Å². The highest BCUT2D eigenvalue weighted by molar-refractivity contribution is 5.31. The molecule has 4 saturated carbocycles. The monoisotopic (exact) mass is 306 g/mol. The molecule has 4 aliphatic carbocycles. The van der Waals surface area contributed by atoms with Crippen LogP contribution in [-0.4, -0.2) is 16.6 Å². The van der Waals surface area contributed by atoms with E-state index in [0.717, 1.165) is 12.8 Å². The maximum absolute atomic E-state index is 15.1. The molecule has 0 radical (unpaired) electrons. The number of hydrogen-bond donors (Lipinski definition) is 1. The summed E-state index contributed by atoms with van der Waals surface area (Å²) in [7, 11) is 0. The molecule has 4 bridgehead atoms. The Morgan fingerprint density at radius 3 is 2.59 bits per heavy atom. The molecule has 6 rings (SSSR count). The average molecular weight is 306 g/mol. The Labute approximate surface area is 128 Å². The molecule has 2 nitrogen and oxygen atoms in total. The molecule has 4 heteroatoms. The predicted octanol–water partition coefficient (Wildman–Crippen LogP) is 3.55. The molecule has 1 aromatic rings. The van der Waals surface area contributed by atoms with Gasteiger partial charge in [0.1, 0.15) is 5.60 Å². The van der Waals surface area contributed by atoms with Gasteiger partial charge in [-0.3, -0.25) is 0 Å². The van der Waals surface area contributed by atoms with Crippen LogP contribution < -0.4 is 0 Å². The molecule has 5 aliphatic rings. The van der Waals surface area contributed by atoms with Crippen LogP contribution in [0.4, 0.5) is 8.78 Å². The van der Waals surface area contributed by atoms with Gasteiger partial charge in [-0.1, -0.05) is 30.3 Å². The lowest BCUT2D eigenvalue weighted by atomic mass is 9.55. The van der Waals surface area contributed by atoms with Gasteiger partial charge in [-0.2, -0.15) is 0 Å². The molecule has 1 aromatic carbocycles. The topological polar surface area (TPSA) is 29.5 Å². The van der Waals surface area contributed by atoms with Gasteiger partial charge in [0.05, 0.1) is 0 Å². The smallest absolute Gasteiger partial charge is 0.279 e. The van der Waals surface area contributed by atoms with Crippen LogP contribution in [0.5, 0.6) is 0 Å². The molecule has 5 fully saturated rings. The highest BCUT2D eigenvalue weighted by atomic mass is 19.3. The molecular formula is C18H20F2O2. The first kappa shape index (κ1) is 13.4. The van der Waals surface area contributed by atoms with E-state index in [9.17, 15) is 5.11 Å². The predicted molar refractivity (Wildman–Crippen MR) is 76.1 cm³/mol. The highest BCUT2D eigenvalue weighted by Crippen LogP contribution is 2.75. The number of hydrogen-bond acceptors (Lipinski definition) is 2. The molecule has 0 amide bonds. The second kappa shape index (κ2) is 3.73. The van der Waals surface area contributed by atoms with Crippen LogP contribution in [0, 0.1) is 29.6 Å². The van der Waals surface area contributed by atoms with E-state index in [1.165, 1.54) is 6.92 Å². The minimum atomic E-state index is -2.85. The molecule has 1 N–H and O–H groups in total. The lowest BCUT2D eigenvalue weighted by Gasteiger charge is -2.50. The largest absolute Gasteiger partial charge is 0.362 e. The van der Waals surface area contributed by atoms with Crippen LogP contribution in [0.3, 0.4) is 0 Å². The van der Waals surface area contributed by atoms with E-state index in [2.05, 4.69) is 0 Å². The zero-order valence-electron chi connectivity index (χ0n) is 12.5. The van der Waals surface area contributed by atoms with Crippen LogP contribution in [-0.2, 0) is 10.5 Å². The Balaban J connectivity index is 1.72. The average Bonchev–Trinajstić information content (AvgIpc) is 2.87. The van der Waals surface area contributed by atoms with Gasteiger partial charge >= 0.3 is 0 Å². The highest BCUT2D eigenvalue weighted by Gasteiger charge is 2.83. The first-order chi connectivity index (χ1) is 10.4. The first-order valence-corrected chi connectivity index (χ1v) is 8.25. The summed E-state index contributed by atoms with van der Waals surface area (Å²) in [6, 6.07) is 9.11. The third-order valence-electron chi connectivity index (χ3n) is 7.07. The first-order valence-electron chi connectivity index (χ1n) is 8.25. The van der Waals surface area contributed by atoms with E-state index in [4.69, 9.17) is 4.74 Å². The number of rotatable bonds is 1. The van der Waals surface area contributed by atoms with Gasteiger partial charge in [-0.05, 0) is 38.0 Å². The van der Waals surface area contributed by atoms with Crippen molar-refractivity contribution in [3.05, 3.63) is 35.9 Å². The van der Waals surface area contributed by atoms with E-state index >= 15 is 8.78 Å². The standard InChI is InChI=1S/C18H20F2O2/c1-16-15-12-8-7-10(9-13(12)18(16,19)20)14(15)17(21,22-16)11-5-3-2-4-6-11/h2-6,10,12-15,21H,7-9H2,1H3/t10-,12+,13-,14+,15-,16+,17+/m1/s1. The van der Waals surface area contributed by atoms with Crippen molar-refractivity contribution in [3.63, 3.8) is 0 Å². The second-order valence-electron chi connectivity index (χ2n) is 7.79. The summed E-state index contributed by atoms with van der Waals surface area (Å²) in [6.07, 6.45) is 2.33. The summed E-state index contributed by atoms with van der Waals surface area (Å²) in [5.41, 5.74) is -0.914. The van der Waals surface area contributed by atoms with E-state index in [1.807, 2.05) is 18.2 Å². The number of benzene rings is 1. The minimum absolute atomic E-state index is 0.00672. The fourth-order valence-electron chi connectivity index (χ4n) is 6.32. The fraction of sp³-hybridized carbons (Fsp3) is 0.667. The minimum Gasteiger partial charge on any atom is -0.362 e. The maximum Gasteiger partial charge on any atom is 0.279 e. The molecule has 1 saturated heterocycles. The molecular weight excluding hydrogens is 286 g/mol. The van der Waals surface area contributed by atoms with Crippen molar-refractivity contribution >= 4 is 0 Å². The maximum atomic E-state index is 15.1. The van der Waals surface area contributed by atoms with Gasteiger partial charge in [0.2, 0.25) is 0 Å². The lowest BCUT2D eigenvalue weighted by Crippen LogP contribution is -2.51.